The van der Waals surface area contributed by atoms with Gasteiger partial charge in [-0.25, -0.2) is 0 Å². The van der Waals surface area contributed by atoms with E-state index in [0.717, 1.165) is 11.1 Å². The Balaban J connectivity index is 1.35. The van der Waals surface area contributed by atoms with Gasteiger partial charge in [0.25, 0.3) is 5.91 Å². The molecule has 0 aromatic heterocycles. The van der Waals surface area contributed by atoms with E-state index in [9.17, 15) is 10.1 Å². The maximum atomic E-state index is 12.7. The molecule has 0 bridgehead atoms. The highest BCUT2D eigenvalue weighted by Gasteiger charge is 2.11. The van der Waals surface area contributed by atoms with E-state index in [0.29, 0.717) is 46.0 Å². The molecule has 0 atom stereocenters. The largest absolute Gasteiger partial charge is 0.489 e. The number of carbonyl (C=O) groups excluding carboxylic acids is 1. The molecule has 0 heterocycles. The van der Waals surface area contributed by atoms with E-state index in [1.165, 1.54) is 11.6 Å². The van der Waals surface area contributed by atoms with Gasteiger partial charge >= 0.3 is 0 Å². The molecule has 1 amide bonds. The Morgan fingerprint density at radius 1 is 0.895 bits per heavy atom. The number of nitrogens with zero attached hydrogens (tertiary/aromatic N) is 1. The molecule has 0 saturated heterocycles. The van der Waals surface area contributed by atoms with Crippen molar-refractivity contribution in [3.63, 3.8) is 0 Å². The molecule has 4 aromatic rings. The molecule has 0 spiro atoms. The highest BCUT2D eigenvalue weighted by molar-refractivity contribution is 6.32. The van der Waals surface area contributed by atoms with E-state index >= 15 is 0 Å². The smallest absolute Gasteiger partial charge is 0.266 e. The van der Waals surface area contributed by atoms with Gasteiger partial charge < -0.3 is 14.8 Å². The fourth-order valence-corrected chi connectivity index (χ4v) is 3.97. The van der Waals surface area contributed by atoms with Crippen LogP contribution in [0.1, 0.15) is 22.3 Å². The number of benzene rings is 4. The van der Waals surface area contributed by atoms with Crippen LogP contribution in [0.25, 0.3) is 6.08 Å². The van der Waals surface area contributed by atoms with E-state index in [2.05, 4.69) is 5.32 Å². The van der Waals surface area contributed by atoms with Gasteiger partial charge in [0.1, 0.15) is 36.4 Å². The molecule has 1 N–H and O–H groups in total. The molecule has 38 heavy (non-hydrogen) atoms. The first-order chi connectivity index (χ1) is 18.4. The summed E-state index contributed by atoms with van der Waals surface area (Å²) in [6.07, 6.45) is 1.47. The third kappa shape index (κ3) is 7.63. The fraction of sp³-hybridized carbons (Fsp3) is 0.0968. The molecule has 5 nitrogen and oxygen atoms in total. The molecule has 4 aromatic carbocycles. The minimum absolute atomic E-state index is 0.0617. The Morgan fingerprint density at radius 2 is 1.63 bits per heavy atom. The minimum atomic E-state index is -0.529. The summed E-state index contributed by atoms with van der Waals surface area (Å²) >= 11 is 12.4. The number of anilines is 1. The van der Waals surface area contributed by atoms with Crippen molar-refractivity contribution in [3.05, 3.63) is 129 Å². The first-order valence-electron chi connectivity index (χ1n) is 11.8. The third-order valence-corrected chi connectivity index (χ3v) is 6.08. The number of hydrogen-bond acceptors (Lipinski definition) is 4. The van der Waals surface area contributed by atoms with Gasteiger partial charge in [0, 0.05) is 10.7 Å². The van der Waals surface area contributed by atoms with Crippen molar-refractivity contribution in [1.29, 1.82) is 5.26 Å². The fourth-order valence-electron chi connectivity index (χ4n) is 3.51. The van der Waals surface area contributed by atoms with Crippen LogP contribution in [0.15, 0.2) is 96.6 Å². The molecule has 0 radical (unpaired) electrons. The van der Waals surface area contributed by atoms with E-state index in [4.69, 9.17) is 32.7 Å². The van der Waals surface area contributed by atoms with Gasteiger partial charge in [0.05, 0.1) is 5.02 Å². The van der Waals surface area contributed by atoms with Crippen LogP contribution in [-0.2, 0) is 18.0 Å². The number of amides is 1. The molecule has 0 saturated carbocycles. The molecule has 0 aliphatic carbocycles. The first kappa shape index (κ1) is 26.8. The lowest BCUT2D eigenvalue weighted by molar-refractivity contribution is -0.112. The predicted octanol–water partition coefficient (Wildman–Crippen LogP) is 8.01. The van der Waals surface area contributed by atoms with Crippen molar-refractivity contribution in [2.24, 2.45) is 0 Å². The molecule has 0 fully saturated rings. The number of aryl methyl sites for hydroxylation is 1. The number of nitrogens with one attached hydrogen (secondary N) is 1. The van der Waals surface area contributed by atoms with Crippen LogP contribution in [-0.4, -0.2) is 5.91 Å². The number of halogens is 2. The molecule has 4 rings (SSSR count). The molecular weight excluding hydrogens is 519 g/mol. The normalized spacial score (nSPS) is 10.9. The Kier molecular flexibility index (Phi) is 9.05. The van der Waals surface area contributed by atoms with Crippen molar-refractivity contribution in [2.45, 2.75) is 20.1 Å². The van der Waals surface area contributed by atoms with Crippen molar-refractivity contribution >= 4 is 40.9 Å². The summed E-state index contributed by atoms with van der Waals surface area (Å²) in [5.41, 5.74) is 4.25. The summed E-state index contributed by atoms with van der Waals surface area (Å²) in [4.78, 5) is 12.7. The quantitative estimate of drug-likeness (QED) is 0.172. The van der Waals surface area contributed by atoms with Gasteiger partial charge in [-0.05, 0) is 78.2 Å². The lowest BCUT2D eigenvalue weighted by Crippen LogP contribution is -2.13. The summed E-state index contributed by atoms with van der Waals surface area (Å²) in [6, 6.07) is 29.5. The predicted molar refractivity (Wildman–Crippen MR) is 151 cm³/mol. The zero-order valence-corrected chi connectivity index (χ0v) is 22.1. The number of nitriles is 1. The monoisotopic (exact) mass is 542 g/mol. The second-order valence-electron chi connectivity index (χ2n) is 8.53. The Morgan fingerprint density at radius 3 is 2.32 bits per heavy atom. The van der Waals surface area contributed by atoms with Gasteiger partial charge in [-0.3, -0.25) is 4.79 Å². The van der Waals surface area contributed by atoms with E-state index in [1.807, 2.05) is 55.5 Å². The van der Waals surface area contributed by atoms with Gasteiger partial charge in [-0.2, -0.15) is 5.26 Å². The van der Waals surface area contributed by atoms with Gasteiger partial charge in [-0.1, -0.05) is 71.2 Å². The van der Waals surface area contributed by atoms with Crippen molar-refractivity contribution < 1.29 is 14.3 Å². The zero-order chi connectivity index (χ0) is 26.9. The van der Waals surface area contributed by atoms with E-state index < -0.39 is 5.91 Å². The average Bonchev–Trinajstić information content (AvgIpc) is 2.91. The maximum Gasteiger partial charge on any atom is 0.266 e. The summed E-state index contributed by atoms with van der Waals surface area (Å²) in [5, 5.41) is 13.3. The van der Waals surface area contributed by atoms with E-state index in [-0.39, 0.29) is 5.57 Å². The van der Waals surface area contributed by atoms with Crippen LogP contribution in [0.3, 0.4) is 0 Å². The van der Waals surface area contributed by atoms with Crippen LogP contribution in [0.2, 0.25) is 10.0 Å². The lowest BCUT2D eigenvalue weighted by atomic mass is 10.1. The van der Waals surface area contributed by atoms with Crippen LogP contribution < -0.4 is 14.8 Å². The topological polar surface area (TPSA) is 71.3 Å². The SMILES string of the molecule is Cc1ccc(COc2ccc(NC(=O)/C(C#N)=C/c3ccc(OCc4cccc(Cl)c4)c(Cl)c3)cc2)cc1. The number of hydrogen-bond donors (Lipinski definition) is 1. The zero-order valence-electron chi connectivity index (χ0n) is 20.6. The van der Waals surface area contributed by atoms with Crippen molar-refractivity contribution in [2.75, 3.05) is 5.32 Å². The summed E-state index contributed by atoms with van der Waals surface area (Å²) in [5.74, 6) is 0.626. The Hall–Kier alpha value is -4.24. The standard InChI is InChI=1S/C31H24Cl2N2O3/c1-21-5-7-22(8-6-21)19-37-28-12-10-27(11-13-28)35-31(36)25(18-34)15-23-9-14-30(29(33)17-23)38-20-24-3-2-4-26(32)16-24/h2-17H,19-20H2,1H3,(H,35,36)/b25-15+. The molecule has 190 valence electrons. The third-order valence-electron chi connectivity index (χ3n) is 5.55. The van der Waals surface area contributed by atoms with Crippen LogP contribution in [0.5, 0.6) is 11.5 Å². The Labute approximate surface area is 231 Å². The van der Waals surface area contributed by atoms with Crippen LogP contribution in [0.4, 0.5) is 5.69 Å². The van der Waals surface area contributed by atoms with Gasteiger partial charge in [0.15, 0.2) is 0 Å². The first-order valence-corrected chi connectivity index (χ1v) is 12.5. The molecule has 0 aliphatic heterocycles. The second kappa shape index (κ2) is 12.8. The number of ether oxygens (including phenoxy) is 2. The van der Waals surface area contributed by atoms with Crippen molar-refractivity contribution in [3.8, 4) is 17.6 Å². The second-order valence-corrected chi connectivity index (χ2v) is 9.37. The summed E-state index contributed by atoms with van der Waals surface area (Å²) in [7, 11) is 0. The Bertz CT molecular complexity index is 1490. The molecule has 0 unspecified atom stereocenters. The molecular formula is C31H24Cl2N2O3. The number of rotatable bonds is 9. The molecule has 7 heteroatoms. The summed E-state index contributed by atoms with van der Waals surface area (Å²) < 4.78 is 11.6. The molecule has 0 aliphatic rings. The van der Waals surface area contributed by atoms with Gasteiger partial charge in [0.2, 0.25) is 0 Å². The maximum absolute atomic E-state index is 12.7. The van der Waals surface area contributed by atoms with Crippen LogP contribution >= 0.6 is 23.2 Å². The highest BCUT2D eigenvalue weighted by atomic mass is 35.5. The summed E-state index contributed by atoms with van der Waals surface area (Å²) in [6.45, 7) is 2.78. The van der Waals surface area contributed by atoms with Crippen molar-refractivity contribution in [1.82, 2.24) is 0 Å². The highest BCUT2D eigenvalue weighted by Crippen LogP contribution is 2.28. The minimum Gasteiger partial charge on any atom is -0.489 e. The van der Waals surface area contributed by atoms with Gasteiger partial charge in [-0.15, -0.1) is 0 Å². The van der Waals surface area contributed by atoms with Crippen LogP contribution in [0, 0.1) is 18.3 Å². The number of carbonyl (C=O) groups is 1. The van der Waals surface area contributed by atoms with E-state index in [1.54, 1.807) is 48.5 Å². The lowest BCUT2D eigenvalue weighted by Gasteiger charge is -2.10. The average molecular weight is 543 g/mol.